The van der Waals surface area contributed by atoms with Crippen LogP contribution in [0.1, 0.15) is 25.3 Å². The molecular formula is C19H24N2O2. The van der Waals surface area contributed by atoms with Crippen LogP contribution < -0.4 is 10.1 Å². The number of rotatable bonds is 6. The molecule has 4 heteroatoms. The van der Waals surface area contributed by atoms with Gasteiger partial charge in [0, 0.05) is 32.1 Å². The van der Waals surface area contributed by atoms with Crippen LogP contribution in [0.4, 0.5) is 0 Å². The van der Waals surface area contributed by atoms with Gasteiger partial charge in [-0.15, -0.1) is 0 Å². The third-order valence-electron chi connectivity index (χ3n) is 4.43. The number of hydrogen-bond acceptors (Lipinski definition) is 3. The maximum absolute atomic E-state index is 11.7. The van der Waals surface area contributed by atoms with Gasteiger partial charge in [-0.25, -0.2) is 0 Å². The Hall–Kier alpha value is -2.07. The Morgan fingerprint density at radius 2 is 2.00 bits per heavy atom. The third kappa shape index (κ3) is 3.82. The van der Waals surface area contributed by atoms with Crippen molar-refractivity contribution in [3.05, 3.63) is 42.0 Å². The average molecular weight is 312 g/mol. The third-order valence-corrected chi connectivity index (χ3v) is 4.43. The highest BCUT2D eigenvalue weighted by molar-refractivity contribution is 5.84. The van der Waals surface area contributed by atoms with Crippen LogP contribution in [0.25, 0.3) is 10.8 Å². The van der Waals surface area contributed by atoms with Crippen molar-refractivity contribution in [3.8, 4) is 5.75 Å². The summed E-state index contributed by atoms with van der Waals surface area (Å²) in [5, 5.41) is 5.91. The van der Waals surface area contributed by atoms with Crippen molar-refractivity contribution in [1.29, 1.82) is 0 Å². The topological polar surface area (TPSA) is 41.6 Å². The van der Waals surface area contributed by atoms with Gasteiger partial charge in [-0.2, -0.15) is 0 Å². The molecule has 1 heterocycles. The van der Waals surface area contributed by atoms with Crippen LogP contribution in [-0.2, 0) is 11.3 Å². The van der Waals surface area contributed by atoms with Crippen LogP contribution in [-0.4, -0.2) is 37.0 Å². The monoisotopic (exact) mass is 312 g/mol. The number of amides is 1. The first-order valence-electron chi connectivity index (χ1n) is 8.23. The smallest absolute Gasteiger partial charge is 0.222 e. The number of carbonyl (C=O) groups excluding carboxylic acids is 1. The quantitative estimate of drug-likeness (QED) is 0.891. The molecule has 0 aliphatic carbocycles. The second kappa shape index (κ2) is 7.01. The largest absolute Gasteiger partial charge is 0.497 e. The Morgan fingerprint density at radius 3 is 2.74 bits per heavy atom. The molecule has 1 amide bonds. The molecule has 0 bridgehead atoms. The standard InChI is InChI=1S/C19H24N2O2/c1-14(13-21-9-3-4-19(21)22)20-12-15-5-6-17-11-18(23-2)8-7-16(17)10-15/h5-8,10-11,14,20H,3-4,9,12-13H2,1-2H3/t14-/m1/s1. The summed E-state index contributed by atoms with van der Waals surface area (Å²) >= 11 is 0. The van der Waals surface area contributed by atoms with E-state index >= 15 is 0 Å². The van der Waals surface area contributed by atoms with Crippen molar-refractivity contribution in [2.24, 2.45) is 0 Å². The zero-order valence-corrected chi connectivity index (χ0v) is 13.8. The summed E-state index contributed by atoms with van der Waals surface area (Å²) < 4.78 is 5.26. The molecule has 122 valence electrons. The van der Waals surface area contributed by atoms with E-state index in [4.69, 9.17) is 4.74 Å². The lowest BCUT2D eigenvalue weighted by Crippen LogP contribution is -2.39. The van der Waals surface area contributed by atoms with E-state index in [9.17, 15) is 4.79 Å². The van der Waals surface area contributed by atoms with Crippen molar-refractivity contribution in [2.75, 3.05) is 20.2 Å². The van der Waals surface area contributed by atoms with Gasteiger partial charge >= 0.3 is 0 Å². The summed E-state index contributed by atoms with van der Waals surface area (Å²) in [6, 6.07) is 12.9. The van der Waals surface area contributed by atoms with Crippen molar-refractivity contribution in [3.63, 3.8) is 0 Å². The van der Waals surface area contributed by atoms with Crippen LogP contribution in [0.3, 0.4) is 0 Å². The molecule has 1 saturated heterocycles. The number of nitrogens with one attached hydrogen (secondary N) is 1. The minimum atomic E-state index is 0.290. The van der Waals surface area contributed by atoms with E-state index in [2.05, 4.69) is 36.5 Å². The second-order valence-electron chi connectivity index (χ2n) is 6.27. The van der Waals surface area contributed by atoms with E-state index in [-0.39, 0.29) is 0 Å². The molecule has 2 aromatic carbocycles. The van der Waals surface area contributed by atoms with Crippen LogP contribution >= 0.6 is 0 Å². The van der Waals surface area contributed by atoms with Gasteiger partial charge in [0.25, 0.3) is 0 Å². The van der Waals surface area contributed by atoms with E-state index < -0.39 is 0 Å². The molecule has 23 heavy (non-hydrogen) atoms. The summed E-state index contributed by atoms with van der Waals surface area (Å²) in [5.41, 5.74) is 1.25. The molecule has 2 aromatic rings. The van der Waals surface area contributed by atoms with E-state index in [0.717, 1.165) is 31.8 Å². The first-order valence-corrected chi connectivity index (χ1v) is 8.23. The van der Waals surface area contributed by atoms with Gasteiger partial charge in [-0.3, -0.25) is 4.79 Å². The molecule has 1 N–H and O–H groups in total. The zero-order valence-electron chi connectivity index (χ0n) is 13.8. The molecule has 4 nitrogen and oxygen atoms in total. The van der Waals surface area contributed by atoms with Gasteiger partial charge in [-0.1, -0.05) is 18.2 Å². The van der Waals surface area contributed by atoms with Gasteiger partial charge in [0.1, 0.15) is 5.75 Å². The Bertz CT molecular complexity index is 699. The highest BCUT2D eigenvalue weighted by Crippen LogP contribution is 2.22. The maximum Gasteiger partial charge on any atom is 0.222 e. The van der Waals surface area contributed by atoms with Gasteiger partial charge < -0.3 is 15.0 Å². The fourth-order valence-corrected chi connectivity index (χ4v) is 3.09. The van der Waals surface area contributed by atoms with Crippen molar-refractivity contribution < 1.29 is 9.53 Å². The summed E-state index contributed by atoms with van der Waals surface area (Å²) in [6.45, 7) is 4.65. The molecular weight excluding hydrogens is 288 g/mol. The predicted molar refractivity (Wildman–Crippen MR) is 92.6 cm³/mol. The number of benzene rings is 2. The molecule has 3 rings (SSSR count). The van der Waals surface area contributed by atoms with E-state index in [1.54, 1.807) is 7.11 Å². The summed E-state index contributed by atoms with van der Waals surface area (Å²) in [7, 11) is 1.69. The normalized spacial score (nSPS) is 16.1. The highest BCUT2D eigenvalue weighted by Gasteiger charge is 2.21. The first-order chi connectivity index (χ1) is 11.2. The van der Waals surface area contributed by atoms with Gasteiger partial charge in [0.2, 0.25) is 5.91 Å². The van der Waals surface area contributed by atoms with Gasteiger partial charge in [0.05, 0.1) is 7.11 Å². The van der Waals surface area contributed by atoms with Crippen LogP contribution in [0.15, 0.2) is 36.4 Å². The number of carbonyl (C=O) groups is 1. The van der Waals surface area contributed by atoms with Crippen LogP contribution in [0.5, 0.6) is 5.75 Å². The van der Waals surface area contributed by atoms with Crippen molar-refractivity contribution >= 4 is 16.7 Å². The fraction of sp³-hybridized carbons (Fsp3) is 0.421. The molecule has 0 spiro atoms. The van der Waals surface area contributed by atoms with Crippen LogP contribution in [0.2, 0.25) is 0 Å². The Kier molecular flexibility index (Phi) is 4.82. The lowest BCUT2D eigenvalue weighted by Gasteiger charge is -2.21. The molecule has 1 aliphatic rings. The Morgan fingerprint density at radius 1 is 1.22 bits per heavy atom. The second-order valence-corrected chi connectivity index (χ2v) is 6.27. The molecule has 1 fully saturated rings. The maximum atomic E-state index is 11.7. The SMILES string of the molecule is COc1ccc2cc(CN[C@H](C)CN3CCCC3=O)ccc2c1. The number of fused-ring (bicyclic) bond motifs is 1. The Balaban J connectivity index is 1.59. The molecule has 0 saturated carbocycles. The van der Waals surface area contributed by atoms with Crippen LogP contribution in [0, 0.1) is 0 Å². The van der Waals surface area contributed by atoms with E-state index in [1.165, 1.54) is 16.3 Å². The molecule has 0 radical (unpaired) electrons. The van der Waals surface area contributed by atoms with E-state index in [0.29, 0.717) is 18.4 Å². The minimum Gasteiger partial charge on any atom is -0.497 e. The number of ether oxygens (including phenoxy) is 1. The van der Waals surface area contributed by atoms with Gasteiger partial charge in [-0.05, 0) is 47.9 Å². The number of likely N-dealkylation sites (tertiary alicyclic amines) is 1. The minimum absolute atomic E-state index is 0.290. The predicted octanol–water partition coefficient (Wildman–Crippen LogP) is 2.95. The molecule has 1 atom stereocenters. The molecule has 0 aromatic heterocycles. The summed E-state index contributed by atoms with van der Waals surface area (Å²) in [4.78, 5) is 13.6. The van der Waals surface area contributed by atoms with Crippen molar-refractivity contribution in [2.45, 2.75) is 32.4 Å². The number of methoxy groups -OCH3 is 1. The Labute approximate surface area is 137 Å². The van der Waals surface area contributed by atoms with Gasteiger partial charge in [0.15, 0.2) is 0 Å². The van der Waals surface area contributed by atoms with Crippen molar-refractivity contribution in [1.82, 2.24) is 10.2 Å². The zero-order chi connectivity index (χ0) is 16.2. The highest BCUT2D eigenvalue weighted by atomic mass is 16.5. The molecule has 1 aliphatic heterocycles. The summed E-state index contributed by atoms with van der Waals surface area (Å²) in [6.07, 6.45) is 1.71. The lowest BCUT2D eigenvalue weighted by molar-refractivity contribution is -0.127. The first kappa shape index (κ1) is 15.8. The van der Waals surface area contributed by atoms with E-state index in [1.807, 2.05) is 17.0 Å². The fourth-order valence-electron chi connectivity index (χ4n) is 3.09. The summed E-state index contributed by atoms with van der Waals surface area (Å²) in [5.74, 6) is 1.17. The number of nitrogens with zero attached hydrogens (tertiary/aromatic N) is 1. The average Bonchev–Trinajstić information content (AvgIpc) is 2.97. The lowest BCUT2D eigenvalue weighted by atomic mass is 10.1. The number of hydrogen-bond donors (Lipinski definition) is 1. The molecule has 0 unspecified atom stereocenters.